The van der Waals surface area contributed by atoms with E-state index < -0.39 is 31.1 Å². The van der Waals surface area contributed by atoms with Crippen LogP contribution in [0.2, 0.25) is 0 Å². The topological polar surface area (TPSA) is 146 Å². The molecule has 3 aromatic rings. The summed E-state index contributed by atoms with van der Waals surface area (Å²) < 4.78 is 36.6. The van der Waals surface area contributed by atoms with Gasteiger partial charge in [-0.25, -0.2) is 18.7 Å². The Labute approximate surface area is 222 Å². The molecule has 2 aliphatic rings. The third-order valence-corrected chi connectivity index (χ3v) is 6.89. The Hall–Kier alpha value is -4.44. The number of aliphatic hydroxyl groups is 1. The van der Waals surface area contributed by atoms with Crippen LogP contribution < -0.4 is 10.1 Å². The fourth-order valence-corrected chi connectivity index (χ4v) is 4.70. The zero-order chi connectivity index (χ0) is 27.7. The second-order valence-electron chi connectivity index (χ2n) is 9.63. The van der Waals surface area contributed by atoms with Gasteiger partial charge < -0.3 is 20.1 Å². The van der Waals surface area contributed by atoms with Gasteiger partial charge in [-0.2, -0.15) is 10.4 Å². The average molecular weight is 538 g/mol. The minimum Gasteiger partial charge on any atom is -0.483 e. The quantitative estimate of drug-likeness (QED) is 0.466. The van der Waals surface area contributed by atoms with Gasteiger partial charge in [0.25, 0.3) is 0 Å². The molecule has 3 heterocycles. The summed E-state index contributed by atoms with van der Waals surface area (Å²) in [7, 11) is 1.82. The minimum absolute atomic E-state index is 0.00110. The number of nitriles is 1. The molecule has 0 bridgehead atoms. The van der Waals surface area contributed by atoms with Gasteiger partial charge >= 0.3 is 5.92 Å². The molecule has 2 N–H and O–H groups in total. The molecule has 2 fully saturated rings. The van der Waals surface area contributed by atoms with Gasteiger partial charge in [-0.3, -0.25) is 14.3 Å². The molecule has 13 heteroatoms. The molecular weight excluding hydrogens is 512 g/mol. The lowest BCUT2D eigenvalue weighted by Gasteiger charge is -2.38. The number of alkyl halides is 2. The number of aromatic nitrogens is 4. The first-order valence-electron chi connectivity index (χ1n) is 12.3. The highest BCUT2D eigenvalue weighted by Gasteiger charge is 2.48. The highest BCUT2D eigenvalue weighted by atomic mass is 19.3. The zero-order valence-electron chi connectivity index (χ0n) is 20.9. The van der Waals surface area contributed by atoms with E-state index >= 15 is 0 Å². The molecule has 0 spiro atoms. The van der Waals surface area contributed by atoms with Crippen LogP contribution in [0.3, 0.4) is 0 Å². The number of carbonyl (C=O) groups excluding carboxylic acids is 2. The Morgan fingerprint density at radius 1 is 1.31 bits per heavy atom. The third-order valence-electron chi connectivity index (χ3n) is 6.89. The van der Waals surface area contributed by atoms with Crippen molar-refractivity contribution in [2.75, 3.05) is 25.0 Å². The number of nitrogens with zero attached hydrogens (tertiary/aromatic N) is 6. The van der Waals surface area contributed by atoms with Gasteiger partial charge in [0.15, 0.2) is 6.10 Å². The van der Waals surface area contributed by atoms with E-state index in [1.54, 1.807) is 23.0 Å². The molecular formula is C26H25F2N7O4. The number of ether oxygens (including phenoxy) is 1. The number of nitrogens with one attached hydrogen (secondary N) is 1. The van der Waals surface area contributed by atoms with Crippen molar-refractivity contribution in [1.82, 2.24) is 24.6 Å². The van der Waals surface area contributed by atoms with Crippen LogP contribution in [-0.2, 0) is 16.6 Å². The molecule has 2 aromatic heterocycles. The zero-order valence-corrected chi connectivity index (χ0v) is 20.9. The Balaban J connectivity index is 1.27. The number of carbonyl (C=O) groups is 2. The first-order valence-corrected chi connectivity index (χ1v) is 12.3. The molecule has 1 aliphatic heterocycles. The van der Waals surface area contributed by atoms with E-state index in [-0.39, 0.29) is 42.0 Å². The predicted octanol–water partition coefficient (Wildman–Crippen LogP) is 2.10. The van der Waals surface area contributed by atoms with Crippen LogP contribution in [0.4, 0.5) is 14.6 Å². The predicted molar refractivity (Wildman–Crippen MR) is 133 cm³/mol. The van der Waals surface area contributed by atoms with E-state index in [4.69, 9.17) is 9.84 Å². The summed E-state index contributed by atoms with van der Waals surface area (Å²) >= 11 is 0. The maximum absolute atomic E-state index is 14.7. The van der Waals surface area contributed by atoms with Crippen molar-refractivity contribution in [2.24, 2.45) is 13.0 Å². The van der Waals surface area contributed by atoms with Crippen LogP contribution in [0.5, 0.6) is 5.75 Å². The summed E-state index contributed by atoms with van der Waals surface area (Å²) in [5, 5.41) is 25.6. The van der Waals surface area contributed by atoms with Crippen molar-refractivity contribution in [1.29, 1.82) is 5.26 Å². The maximum Gasteiger partial charge on any atom is 0.301 e. The fourth-order valence-electron chi connectivity index (χ4n) is 4.70. The Bertz CT molecular complexity index is 1450. The number of aryl methyl sites for hydroxylation is 1. The molecule has 1 saturated carbocycles. The van der Waals surface area contributed by atoms with Gasteiger partial charge in [-0.1, -0.05) is 0 Å². The van der Waals surface area contributed by atoms with Crippen LogP contribution in [0, 0.1) is 17.2 Å². The summed E-state index contributed by atoms with van der Waals surface area (Å²) in [6.45, 7) is -1.72. The van der Waals surface area contributed by atoms with E-state index in [2.05, 4.69) is 20.4 Å². The molecule has 202 valence electrons. The van der Waals surface area contributed by atoms with Crippen molar-refractivity contribution in [3.8, 4) is 23.1 Å². The molecule has 2 amide bonds. The van der Waals surface area contributed by atoms with Crippen LogP contribution in [0.1, 0.15) is 29.9 Å². The smallest absolute Gasteiger partial charge is 0.301 e. The fraction of sp³-hybridized carbons (Fsp3) is 0.385. The molecule has 1 saturated heterocycles. The van der Waals surface area contributed by atoms with Crippen LogP contribution >= 0.6 is 0 Å². The van der Waals surface area contributed by atoms with E-state index in [9.17, 15) is 23.6 Å². The minimum atomic E-state index is -3.37. The van der Waals surface area contributed by atoms with Crippen molar-refractivity contribution >= 4 is 17.6 Å². The number of aliphatic hydroxyl groups excluding tert-OH is 1. The third kappa shape index (κ3) is 5.56. The molecule has 5 rings (SSSR count). The molecule has 3 atom stereocenters. The molecule has 0 radical (unpaired) electrons. The summed E-state index contributed by atoms with van der Waals surface area (Å²) in [6.07, 6.45) is 3.94. The van der Waals surface area contributed by atoms with E-state index in [1.807, 2.05) is 19.3 Å². The standard InChI is InChI=1S/C26H25F2N7O4/c1-34-11-17(10-32-34)18-7-19(18)25(38)33-23-8-20(30-14-31-23)15-2-3-21(16(6-15)9-29)39-22-4-5-35(24(37)12-36)13-26(22,27)28/h2-3,6,8,10-11,14,18-19,22,36H,4-5,7,12-13H2,1H3,(H,30,31,33,38)/t18-,19+,22-/m0/s1. The number of rotatable bonds is 7. The Morgan fingerprint density at radius 3 is 2.82 bits per heavy atom. The Morgan fingerprint density at radius 2 is 2.13 bits per heavy atom. The molecule has 1 aliphatic carbocycles. The van der Waals surface area contributed by atoms with E-state index in [0.717, 1.165) is 16.9 Å². The molecule has 11 nitrogen and oxygen atoms in total. The van der Waals surface area contributed by atoms with Crippen LogP contribution in [0.25, 0.3) is 11.3 Å². The van der Waals surface area contributed by atoms with Crippen molar-refractivity contribution in [3.05, 3.63) is 54.1 Å². The number of piperidine rings is 1. The first kappa shape index (κ1) is 26.2. The number of anilines is 1. The van der Waals surface area contributed by atoms with Crippen LogP contribution in [-0.4, -0.2) is 73.3 Å². The van der Waals surface area contributed by atoms with E-state index in [0.29, 0.717) is 17.1 Å². The summed E-state index contributed by atoms with van der Waals surface area (Å²) in [6, 6.07) is 7.99. The lowest BCUT2D eigenvalue weighted by Crippen LogP contribution is -2.55. The average Bonchev–Trinajstić information content (AvgIpc) is 3.62. The van der Waals surface area contributed by atoms with Crippen molar-refractivity contribution in [2.45, 2.75) is 30.8 Å². The highest BCUT2D eigenvalue weighted by molar-refractivity contribution is 5.94. The Kier molecular flexibility index (Phi) is 6.96. The lowest BCUT2D eigenvalue weighted by molar-refractivity contribution is -0.161. The SMILES string of the molecule is Cn1cc([C@@H]2C[C@H]2C(=O)Nc2cc(-c3ccc(O[C@H]4CCN(C(=O)CO)CC4(F)F)c(C#N)c3)ncn2)cn1. The summed E-state index contributed by atoms with van der Waals surface area (Å²) in [5.74, 6) is -4.11. The molecule has 0 unspecified atom stereocenters. The van der Waals surface area contributed by atoms with Crippen molar-refractivity contribution in [3.63, 3.8) is 0 Å². The number of halogens is 2. The number of hydrogen-bond acceptors (Lipinski definition) is 8. The summed E-state index contributed by atoms with van der Waals surface area (Å²) in [4.78, 5) is 33.6. The van der Waals surface area contributed by atoms with Gasteiger partial charge in [0.1, 0.15) is 30.6 Å². The number of hydrogen-bond donors (Lipinski definition) is 2. The molecule has 1 aromatic carbocycles. The van der Waals surface area contributed by atoms with Gasteiger partial charge in [0.2, 0.25) is 11.8 Å². The largest absolute Gasteiger partial charge is 0.483 e. The van der Waals surface area contributed by atoms with E-state index in [1.165, 1.54) is 18.5 Å². The molecule has 39 heavy (non-hydrogen) atoms. The lowest BCUT2D eigenvalue weighted by atomic mass is 10.0. The highest BCUT2D eigenvalue weighted by Crippen LogP contribution is 2.47. The van der Waals surface area contributed by atoms with Crippen LogP contribution in [0.15, 0.2) is 43.0 Å². The first-order chi connectivity index (χ1) is 18.7. The van der Waals surface area contributed by atoms with Crippen molar-refractivity contribution < 1.29 is 28.2 Å². The second-order valence-corrected chi connectivity index (χ2v) is 9.63. The van der Waals surface area contributed by atoms with Gasteiger partial charge in [-0.05, 0) is 36.1 Å². The summed E-state index contributed by atoms with van der Waals surface area (Å²) in [5.41, 5.74) is 1.96. The maximum atomic E-state index is 14.7. The number of amides is 2. The van der Waals surface area contributed by atoms with Gasteiger partial charge in [0, 0.05) is 43.8 Å². The normalized spacial score (nSPS) is 21.6. The van der Waals surface area contributed by atoms with Gasteiger partial charge in [0.05, 0.1) is 24.0 Å². The number of benzene rings is 1. The van der Waals surface area contributed by atoms with Gasteiger partial charge in [-0.15, -0.1) is 0 Å². The second kappa shape index (κ2) is 10.4. The number of likely N-dealkylation sites (tertiary alicyclic amines) is 1. The monoisotopic (exact) mass is 537 g/mol.